The second-order valence-corrected chi connectivity index (χ2v) is 10.1. The molecule has 2 aromatic carbocycles. The van der Waals surface area contributed by atoms with Gasteiger partial charge in [-0.3, -0.25) is 4.79 Å². The molecule has 178 valence electrons. The molecule has 1 fully saturated rings. The number of halogens is 1. The SMILES string of the molecule is Cc1cc(F)ccc1N(Cc1cnc(N2CCCCC2)nc1)C(=O)c1ccc(C(C)(C)C)cc1. The molecule has 4 rings (SSSR count). The van der Waals surface area contributed by atoms with Crippen molar-refractivity contribution in [3.8, 4) is 0 Å². The third kappa shape index (κ3) is 5.44. The lowest BCUT2D eigenvalue weighted by atomic mass is 9.86. The van der Waals surface area contributed by atoms with Crippen molar-refractivity contribution in [1.82, 2.24) is 9.97 Å². The summed E-state index contributed by atoms with van der Waals surface area (Å²) in [5.74, 6) is 0.268. The number of hydrogen-bond donors (Lipinski definition) is 0. The number of piperidine rings is 1. The van der Waals surface area contributed by atoms with Crippen LogP contribution in [0.15, 0.2) is 54.9 Å². The average molecular weight is 461 g/mol. The van der Waals surface area contributed by atoms with Crippen LogP contribution in [-0.2, 0) is 12.0 Å². The Morgan fingerprint density at radius 1 is 1.00 bits per heavy atom. The number of amides is 1. The van der Waals surface area contributed by atoms with E-state index in [0.717, 1.165) is 43.0 Å². The smallest absolute Gasteiger partial charge is 0.258 e. The molecule has 2 heterocycles. The second-order valence-electron chi connectivity index (χ2n) is 10.1. The minimum Gasteiger partial charge on any atom is -0.341 e. The maximum absolute atomic E-state index is 13.8. The molecule has 5 nitrogen and oxygen atoms in total. The standard InChI is InChI=1S/C28H33FN4O/c1-20-16-24(29)12-13-25(20)33(26(34)22-8-10-23(11-9-22)28(2,3)4)19-21-17-30-27(31-18-21)32-14-6-5-7-15-32/h8-13,16-18H,5-7,14-15,19H2,1-4H3. The topological polar surface area (TPSA) is 49.3 Å². The Morgan fingerprint density at radius 2 is 1.65 bits per heavy atom. The van der Waals surface area contributed by atoms with Crippen LogP contribution >= 0.6 is 0 Å². The molecule has 1 saturated heterocycles. The summed E-state index contributed by atoms with van der Waals surface area (Å²) in [7, 11) is 0. The number of carbonyl (C=O) groups is 1. The average Bonchev–Trinajstić information content (AvgIpc) is 2.83. The van der Waals surface area contributed by atoms with E-state index in [4.69, 9.17) is 0 Å². The predicted molar refractivity (Wildman–Crippen MR) is 135 cm³/mol. The first-order chi connectivity index (χ1) is 16.2. The van der Waals surface area contributed by atoms with E-state index in [9.17, 15) is 9.18 Å². The Kier molecular flexibility index (Phi) is 6.96. The first kappa shape index (κ1) is 23.9. The van der Waals surface area contributed by atoms with E-state index >= 15 is 0 Å². The molecule has 3 aromatic rings. The highest BCUT2D eigenvalue weighted by atomic mass is 19.1. The number of nitrogens with zero attached hydrogens (tertiary/aromatic N) is 4. The van der Waals surface area contributed by atoms with Crippen LogP contribution in [0.4, 0.5) is 16.0 Å². The fraction of sp³-hybridized carbons (Fsp3) is 0.393. The summed E-state index contributed by atoms with van der Waals surface area (Å²) in [6.45, 7) is 10.5. The first-order valence-electron chi connectivity index (χ1n) is 12.0. The number of anilines is 2. The van der Waals surface area contributed by atoms with Gasteiger partial charge in [-0.25, -0.2) is 14.4 Å². The molecule has 0 aliphatic carbocycles. The number of aromatic nitrogens is 2. The summed E-state index contributed by atoms with van der Waals surface area (Å²) in [4.78, 5) is 26.7. The molecule has 6 heteroatoms. The summed E-state index contributed by atoms with van der Waals surface area (Å²) in [6.07, 6.45) is 7.15. The lowest BCUT2D eigenvalue weighted by Gasteiger charge is -2.27. The number of aryl methyl sites for hydroxylation is 1. The van der Waals surface area contributed by atoms with E-state index in [1.807, 2.05) is 31.2 Å². The van der Waals surface area contributed by atoms with Gasteiger partial charge in [0.15, 0.2) is 0 Å². The molecule has 0 N–H and O–H groups in total. The lowest BCUT2D eigenvalue weighted by Crippen LogP contribution is -2.32. The van der Waals surface area contributed by atoms with Crippen LogP contribution < -0.4 is 9.80 Å². The fourth-order valence-electron chi connectivity index (χ4n) is 4.33. The maximum Gasteiger partial charge on any atom is 0.258 e. The van der Waals surface area contributed by atoms with Crippen LogP contribution in [0.2, 0.25) is 0 Å². The van der Waals surface area contributed by atoms with Crippen LogP contribution in [0.3, 0.4) is 0 Å². The molecule has 0 spiro atoms. The van der Waals surface area contributed by atoms with Crippen molar-refractivity contribution in [2.45, 2.75) is 58.9 Å². The van der Waals surface area contributed by atoms with Gasteiger partial charge in [-0.15, -0.1) is 0 Å². The van der Waals surface area contributed by atoms with E-state index < -0.39 is 0 Å². The Labute approximate surface area is 201 Å². The third-order valence-corrected chi connectivity index (χ3v) is 6.36. The van der Waals surface area contributed by atoms with Crippen LogP contribution in [0.1, 0.15) is 67.1 Å². The van der Waals surface area contributed by atoms with Gasteiger partial charge in [0.2, 0.25) is 5.95 Å². The minimum absolute atomic E-state index is 0.00223. The van der Waals surface area contributed by atoms with Gasteiger partial charge in [0, 0.05) is 42.3 Å². The number of carbonyl (C=O) groups excluding carboxylic acids is 1. The van der Waals surface area contributed by atoms with Crippen molar-refractivity contribution in [1.29, 1.82) is 0 Å². The molecule has 0 saturated carbocycles. The van der Waals surface area contributed by atoms with Gasteiger partial charge in [0.05, 0.1) is 6.54 Å². The maximum atomic E-state index is 13.8. The van der Waals surface area contributed by atoms with Crippen LogP contribution in [-0.4, -0.2) is 29.0 Å². The fourth-order valence-corrected chi connectivity index (χ4v) is 4.33. The molecular formula is C28H33FN4O. The molecule has 34 heavy (non-hydrogen) atoms. The molecular weight excluding hydrogens is 427 g/mol. The minimum atomic E-state index is -0.322. The number of rotatable bonds is 5. The van der Waals surface area contributed by atoms with Gasteiger partial charge in [0.25, 0.3) is 5.91 Å². The summed E-state index contributed by atoms with van der Waals surface area (Å²) in [6, 6.07) is 12.2. The van der Waals surface area contributed by atoms with Gasteiger partial charge in [0.1, 0.15) is 5.82 Å². The van der Waals surface area contributed by atoms with E-state index in [-0.39, 0.29) is 17.1 Å². The van der Waals surface area contributed by atoms with E-state index in [0.29, 0.717) is 23.4 Å². The van der Waals surface area contributed by atoms with Crippen LogP contribution in [0.25, 0.3) is 0 Å². The summed E-state index contributed by atoms with van der Waals surface area (Å²) in [5, 5.41) is 0. The lowest BCUT2D eigenvalue weighted by molar-refractivity contribution is 0.0985. The zero-order chi connectivity index (χ0) is 24.3. The van der Waals surface area contributed by atoms with E-state index in [1.54, 1.807) is 23.4 Å². The van der Waals surface area contributed by atoms with E-state index in [2.05, 4.69) is 35.6 Å². The van der Waals surface area contributed by atoms with Crippen LogP contribution in [0, 0.1) is 12.7 Å². The van der Waals surface area contributed by atoms with Gasteiger partial charge < -0.3 is 9.80 Å². The summed E-state index contributed by atoms with van der Waals surface area (Å²) >= 11 is 0. The first-order valence-corrected chi connectivity index (χ1v) is 12.0. The van der Waals surface area contributed by atoms with Crippen molar-refractivity contribution in [3.05, 3.63) is 82.9 Å². The summed E-state index contributed by atoms with van der Waals surface area (Å²) in [5.41, 5.74) is 3.95. The zero-order valence-corrected chi connectivity index (χ0v) is 20.5. The predicted octanol–water partition coefficient (Wildman–Crippen LogP) is 6.06. The normalized spacial score (nSPS) is 14.2. The van der Waals surface area contributed by atoms with Crippen molar-refractivity contribution in [2.75, 3.05) is 22.9 Å². The summed E-state index contributed by atoms with van der Waals surface area (Å²) < 4.78 is 13.8. The largest absolute Gasteiger partial charge is 0.341 e. The molecule has 0 unspecified atom stereocenters. The van der Waals surface area contributed by atoms with E-state index in [1.165, 1.54) is 18.6 Å². The van der Waals surface area contributed by atoms with Crippen molar-refractivity contribution in [2.24, 2.45) is 0 Å². The Bertz CT molecular complexity index is 1130. The number of hydrogen-bond acceptors (Lipinski definition) is 4. The molecule has 1 amide bonds. The molecule has 0 atom stereocenters. The van der Waals surface area contributed by atoms with Crippen molar-refractivity contribution in [3.63, 3.8) is 0 Å². The Balaban J connectivity index is 1.62. The highest BCUT2D eigenvalue weighted by molar-refractivity contribution is 6.06. The van der Waals surface area contributed by atoms with Crippen molar-refractivity contribution >= 4 is 17.5 Å². The highest BCUT2D eigenvalue weighted by Gasteiger charge is 2.22. The Morgan fingerprint density at radius 3 is 2.24 bits per heavy atom. The third-order valence-electron chi connectivity index (χ3n) is 6.36. The Hall–Kier alpha value is -3.28. The molecule has 1 aliphatic rings. The second kappa shape index (κ2) is 9.92. The van der Waals surface area contributed by atoms with Crippen LogP contribution in [0.5, 0.6) is 0 Å². The molecule has 0 radical (unpaired) electrons. The monoisotopic (exact) mass is 460 g/mol. The molecule has 0 bridgehead atoms. The van der Waals surface area contributed by atoms with Gasteiger partial charge in [-0.2, -0.15) is 0 Å². The van der Waals surface area contributed by atoms with Gasteiger partial charge in [-0.1, -0.05) is 32.9 Å². The van der Waals surface area contributed by atoms with Gasteiger partial charge in [-0.05, 0) is 73.1 Å². The van der Waals surface area contributed by atoms with Gasteiger partial charge >= 0.3 is 0 Å². The number of benzene rings is 2. The van der Waals surface area contributed by atoms with Crippen molar-refractivity contribution < 1.29 is 9.18 Å². The highest BCUT2D eigenvalue weighted by Crippen LogP contribution is 2.27. The quantitative estimate of drug-likeness (QED) is 0.464. The molecule has 1 aromatic heterocycles. The zero-order valence-electron chi connectivity index (χ0n) is 20.5. The molecule has 1 aliphatic heterocycles.